The first-order valence-corrected chi connectivity index (χ1v) is 6.58. The van der Waals surface area contributed by atoms with Crippen molar-refractivity contribution in [2.75, 3.05) is 26.2 Å². The van der Waals surface area contributed by atoms with Gasteiger partial charge in [0.1, 0.15) is 6.61 Å². The quantitative estimate of drug-likeness (QED) is 0.832. The van der Waals surface area contributed by atoms with Crippen molar-refractivity contribution in [3.05, 3.63) is 35.9 Å². The molecule has 1 atom stereocenters. The second kappa shape index (κ2) is 7.11. The van der Waals surface area contributed by atoms with E-state index in [1.807, 2.05) is 30.3 Å². The highest BCUT2D eigenvalue weighted by Gasteiger charge is 2.23. The second-order valence-electron chi connectivity index (χ2n) is 4.72. The average molecular weight is 264 g/mol. The van der Waals surface area contributed by atoms with E-state index in [1.54, 1.807) is 0 Å². The fourth-order valence-corrected chi connectivity index (χ4v) is 2.23. The molecule has 19 heavy (non-hydrogen) atoms. The number of carbonyl (C=O) groups is 1. The third kappa shape index (κ3) is 4.54. The van der Waals surface area contributed by atoms with Crippen molar-refractivity contribution in [3.8, 4) is 0 Å². The zero-order valence-corrected chi connectivity index (χ0v) is 10.9. The van der Waals surface area contributed by atoms with Crippen LogP contribution >= 0.6 is 0 Å². The molecule has 5 nitrogen and oxygen atoms in total. The molecule has 2 N–H and O–H groups in total. The summed E-state index contributed by atoms with van der Waals surface area (Å²) in [5.74, 6) is 0. The van der Waals surface area contributed by atoms with Crippen LogP contribution in [0.1, 0.15) is 12.0 Å². The molecule has 1 aromatic rings. The zero-order chi connectivity index (χ0) is 13.5. The van der Waals surface area contributed by atoms with Gasteiger partial charge in [-0.1, -0.05) is 30.3 Å². The Morgan fingerprint density at radius 2 is 2.21 bits per heavy atom. The first kappa shape index (κ1) is 13.8. The number of likely N-dealkylation sites (tertiary alicyclic amines) is 1. The van der Waals surface area contributed by atoms with Gasteiger partial charge in [-0.15, -0.1) is 0 Å². The molecular weight excluding hydrogens is 244 g/mol. The summed E-state index contributed by atoms with van der Waals surface area (Å²) in [5, 5.41) is 11.7. The smallest absolute Gasteiger partial charge is 0.407 e. The Kier molecular flexibility index (Phi) is 5.18. The van der Waals surface area contributed by atoms with Gasteiger partial charge in [0.25, 0.3) is 0 Å². The molecule has 0 aliphatic carbocycles. The van der Waals surface area contributed by atoms with Gasteiger partial charge in [-0.25, -0.2) is 4.79 Å². The second-order valence-corrected chi connectivity index (χ2v) is 4.72. The van der Waals surface area contributed by atoms with Gasteiger partial charge in [-0.3, -0.25) is 4.90 Å². The van der Waals surface area contributed by atoms with Crippen molar-refractivity contribution in [2.45, 2.75) is 19.1 Å². The predicted octanol–water partition coefficient (Wildman–Crippen LogP) is 0.979. The van der Waals surface area contributed by atoms with Crippen LogP contribution in [-0.2, 0) is 11.3 Å². The van der Waals surface area contributed by atoms with Crippen molar-refractivity contribution in [1.82, 2.24) is 10.2 Å². The van der Waals surface area contributed by atoms with Crippen molar-refractivity contribution in [1.29, 1.82) is 0 Å². The van der Waals surface area contributed by atoms with Gasteiger partial charge in [0.15, 0.2) is 0 Å². The van der Waals surface area contributed by atoms with E-state index in [0.29, 0.717) is 13.2 Å². The summed E-state index contributed by atoms with van der Waals surface area (Å²) in [6.07, 6.45) is 0.528. The molecule has 1 aliphatic heterocycles. The summed E-state index contributed by atoms with van der Waals surface area (Å²) in [6.45, 7) is 2.80. The fourth-order valence-electron chi connectivity index (χ4n) is 2.23. The summed E-state index contributed by atoms with van der Waals surface area (Å²) in [7, 11) is 0. The predicted molar refractivity (Wildman–Crippen MR) is 71.7 cm³/mol. The van der Waals surface area contributed by atoms with Crippen LogP contribution in [0.15, 0.2) is 30.3 Å². The molecule has 0 aromatic heterocycles. The van der Waals surface area contributed by atoms with E-state index in [2.05, 4.69) is 10.2 Å². The Bertz CT molecular complexity index is 397. The molecular formula is C14H20N2O3. The van der Waals surface area contributed by atoms with Gasteiger partial charge in [0.05, 0.1) is 6.61 Å². The number of aliphatic hydroxyl groups is 1. The van der Waals surface area contributed by atoms with Crippen LogP contribution in [0.25, 0.3) is 0 Å². The van der Waals surface area contributed by atoms with Crippen molar-refractivity contribution >= 4 is 6.09 Å². The maximum absolute atomic E-state index is 11.6. The molecule has 1 aliphatic rings. The number of ether oxygens (including phenoxy) is 1. The number of hydrogen-bond acceptors (Lipinski definition) is 4. The third-order valence-corrected chi connectivity index (χ3v) is 3.22. The van der Waals surface area contributed by atoms with Crippen molar-refractivity contribution < 1.29 is 14.6 Å². The number of hydrogen-bond donors (Lipinski definition) is 2. The summed E-state index contributed by atoms with van der Waals surface area (Å²) < 4.78 is 5.17. The number of benzene rings is 1. The van der Waals surface area contributed by atoms with E-state index in [0.717, 1.165) is 25.1 Å². The minimum atomic E-state index is -0.375. The van der Waals surface area contributed by atoms with Gasteiger partial charge >= 0.3 is 6.09 Å². The summed E-state index contributed by atoms with van der Waals surface area (Å²) in [5.41, 5.74) is 0.978. The first-order chi connectivity index (χ1) is 9.28. The minimum Gasteiger partial charge on any atom is -0.445 e. The van der Waals surface area contributed by atoms with Crippen LogP contribution < -0.4 is 5.32 Å². The average Bonchev–Trinajstić information content (AvgIpc) is 2.85. The highest BCUT2D eigenvalue weighted by molar-refractivity contribution is 5.67. The van der Waals surface area contributed by atoms with Gasteiger partial charge < -0.3 is 15.2 Å². The molecule has 0 radical (unpaired) electrons. The lowest BCUT2D eigenvalue weighted by atomic mass is 10.2. The van der Waals surface area contributed by atoms with Gasteiger partial charge in [-0.2, -0.15) is 0 Å². The number of nitrogens with zero attached hydrogens (tertiary/aromatic N) is 1. The lowest BCUT2D eigenvalue weighted by Gasteiger charge is -2.15. The van der Waals surface area contributed by atoms with Crippen LogP contribution in [0, 0.1) is 0 Å². The molecule has 1 aromatic carbocycles. The Balaban J connectivity index is 1.68. The highest BCUT2D eigenvalue weighted by Crippen LogP contribution is 2.08. The Labute approximate surface area is 113 Å². The number of rotatable bonds is 5. The Morgan fingerprint density at radius 1 is 1.42 bits per heavy atom. The molecule has 1 saturated heterocycles. The topological polar surface area (TPSA) is 61.8 Å². The van der Waals surface area contributed by atoms with E-state index in [4.69, 9.17) is 9.84 Å². The van der Waals surface area contributed by atoms with Crippen LogP contribution in [0.4, 0.5) is 4.79 Å². The van der Waals surface area contributed by atoms with E-state index in [-0.39, 0.29) is 18.7 Å². The Morgan fingerprint density at radius 3 is 2.95 bits per heavy atom. The van der Waals surface area contributed by atoms with Crippen LogP contribution in [0.3, 0.4) is 0 Å². The molecule has 0 unspecified atom stereocenters. The number of β-amino-alcohol motifs (C(OH)–C–C–N with tert-alkyl or cyclic N) is 1. The molecule has 5 heteroatoms. The molecule has 1 fully saturated rings. The maximum atomic E-state index is 11.6. The third-order valence-electron chi connectivity index (χ3n) is 3.22. The number of nitrogens with one attached hydrogen (secondary N) is 1. The lowest BCUT2D eigenvalue weighted by Crippen LogP contribution is -2.37. The maximum Gasteiger partial charge on any atom is 0.407 e. The normalized spacial score (nSPS) is 19.3. The van der Waals surface area contributed by atoms with E-state index >= 15 is 0 Å². The largest absolute Gasteiger partial charge is 0.445 e. The first-order valence-electron chi connectivity index (χ1n) is 6.58. The number of amides is 1. The number of aliphatic hydroxyl groups excluding tert-OH is 1. The summed E-state index contributed by atoms with van der Waals surface area (Å²) in [4.78, 5) is 13.8. The lowest BCUT2D eigenvalue weighted by molar-refractivity contribution is 0.135. The summed E-state index contributed by atoms with van der Waals surface area (Å²) in [6, 6.07) is 9.73. The highest BCUT2D eigenvalue weighted by atomic mass is 16.5. The summed E-state index contributed by atoms with van der Waals surface area (Å²) >= 11 is 0. The molecule has 2 rings (SSSR count). The Hall–Kier alpha value is -1.59. The van der Waals surface area contributed by atoms with E-state index in [1.165, 1.54) is 0 Å². The molecule has 104 valence electrons. The van der Waals surface area contributed by atoms with E-state index in [9.17, 15) is 4.79 Å². The number of carbonyl (C=O) groups excluding carboxylic acids is 1. The van der Waals surface area contributed by atoms with E-state index < -0.39 is 0 Å². The van der Waals surface area contributed by atoms with Gasteiger partial charge in [0, 0.05) is 25.7 Å². The van der Waals surface area contributed by atoms with Crippen molar-refractivity contribution in [2.24, 2.45) is 0 Å². The molecule has 0 bridgehead atoms. The molecule has 1 amide bonds. The molecule has 0 spiro atoms. The standard InChI is InChI=1S/C14H20N2O3/c17-9-8-16-7-6-13(10-16)15-14(18)19-11-12-4-2-1-3-5-12/h1-5,13,17H,6-11H2,(H,15,18)/t13-/m1/s1. The van der Waals surface area contributed by atoms with Crippen LogP contribution in [0.2, 0.25) is 0 Å². The fraction of sp³-hybridized carbons (Fsp3) is 0.500. The number of alkyl carbamates (subject to hydrolysis) is 1. The monoisotopic (exact) mass is 264 g/mol. The molecule has 0 saturated carbocycles. The van der Waals surface area contributed by atoms with Crippen LogP contribution in [-0.4, -0.2) is 48.4 Å². The minimum absolute atomic E-state index is 0.120. The van der Waals surface area contributed by atoms with Crippen LogP contribution in [0.5, 0.6) is 0 Å². The van der Waals surface area contributed by atoms with Gasteiger partial charge in [0.2, 0.25) is 0 Å². The van der Waals surface area contributed by atoms with Crippen molar-refractivity contribution in [3.63, 3.8) is 0 Å². The SMILES string of the molecule is O=C(N[C@@H]1CCN(CCO)C1)OCc1ccccc1. The zero-order valence-electron chi connectivity index (χ0n) is 10.9. The molecule has 1 heterocycles. The van der Waals surface area contributed by atoms with Gasteiger partial charge in [-0.05, 0) is 12.0 Å².